The molecule has 2 unspecified atom stereocenters. The van der Waals surface area contributed by atoms with Gasteiger partial charge in [-0.1, -0.05) is 38.8 Å². The Bertz CT molecular complexity index is 356. The summed E-state index contributed by atoms with van der Waals surface area (Å²) in [5, 5.41) is 18.4. The van der Waals surface area contributed by atoms with E-state index in [-0.39, 0.29) is 17.6 Å². The Balaban J connectivity index is 2.73. The number of hydrogen-bond acceptors (Lipinski definition) is 2. The SMILES string of the molecule is CCCC(C)C(Cc1ccc(O)cc1)C(=O)O. The second-order valence-corrected chi connectivity index (χ2v) is 4.58. The summed E-state index contributed by atoms with van der Waals surface area (Å²) >= 11 is 0. The first-order chi connectivity index (χ1) is 8.04. The van der Waals surface area contributed by atoms with Crippen LogP contribution < -0.4 is 0 Å². The van der Waals surface area contributed by atoms with Crippen molar-refractivity contribution in [3.8, 4) is 5.75 Å². The van der Waals surface area contributed by atoms with E-state index in [9.17, 15) is 15.0 Å². The van der Waals surface area contributed by atoms with E-state index >= 15 is 0 Å². The third kappa shape index (κ3) is 4.10. The van der Waals surface area contributed by atoms with Crippen LogP contribution in [0.3, 0.4) is 0 Å². The van der Waals surface area contributed by atoms with E-state index in [1.807, 2.05) is 6.92 Å². The molecule has 94 valence electrons. The van der Waals surface area contributed by atoms with Crippen LogP contribution in [0.15, 0.2) is 24.3 Å². The summed E-state index contributed by atoms with van der Waals surface area (Å²) in [7, 11) is 0. The molecule has 0 heterocycles. The van der Waals surface area contributed by atoms with E-state index in [1.165, 1.54) is 0 Å². The van der Waals surface area contributed by atoms with Crippen molar-refractivity contribution in [3.05, 3.63) is 29.8 Å². The fraction of sp³-hybridized carbons (Fsp3) is 0.500. The molecule has 2 atom stereocenters. The van der Waals surface area contributed by atoms with Crippen LogP contribution in [0, 0.1) is 11.8 Å². The topological polar surface area (TPSA) is 57.5 Å². The lowest BCUT2D eigenvalue weighted by Crippen LogP contribution is -2.23. The van der Waals surface area contributed by atoms with E-state index in [4.69, 9.17) is 0 Å². The van der Waals surface area contributed by atoms with Crippen molar-refractivity contribution in [1.82, 2.24) is 0 Å². The van der Waals surface area contributed by atoms with Gasteiger partial charge in [-0.3, -0.25) is 4.79 Å². The van der Waals surface area contributed by atoms with Crippen LogP contribution in [-0.2, 0) is 11.2 Å². The number of aliphatic carboxylic acids is 1. The molecule has 3 heteroatoms. The predicted octanol–water partition coefficient (Wildman–Crippen LogP) is 3.07. The van der Waals surface area contributed by atoms with E-state index in [0.29, 0.717) is 6.42 Å². The van der Waals surface area contributed by atoms with Gasteiger partial charge in [0.25, 0.3) is 0 Å². The normalized spacial score (nSPS) is 14.2. The summed E-state index contributed by atoms with van der Waals surface area (Å²) in [5.74, 6) is -0.702. The molecule has 0 aliphatic rings. The molecule has 0 spiro atoms. The number of phenols is 1. The van der Waals surface area contributed by atoms with Crippen molar-refractivity contribution in [3.63, 3.8) is 0 Å². The molecule has 0 aliphatic heterocycles. The van der Waals surface area contributed by atoms with Gasteiger partial charge in [-0.25, -0.2) is 0 Å². The summed E-state index contributed by atoms with van der Waals surface area (Å²) < 4.78 is 0. The van der Waals surface area contributed by atoms with Crippen LogP contribution in [0.4, 0.5) is 0 Å². The van der Waals surface area contributed by atoms with E-state index < -0.39 is 5.97 Å². The van der Waals surface area contributed by atoms with E-state index in [0.717, 1.165) is 18.4 Å². The fourth-order valence-corrected chi connectivity index (χ4v) is 2.07. The van der Waals surface area contributed by atoms with Gasteiger partial charge in [-0.05, 0) is 30.0 Å². The Hall–Kier alpha value is -1.51. The highest BCUT2D eigenvalue weighted by Gasteiger charge is 2.24. The Morgan fingerprint density at radius 3 is 2.35 bits per heavy atom. The van der Waals surface area contributed by atoms with Gasteiger partial charge >= 0.3 is 5.97 Å². The lowest BCUT2D eigenvalue weighted by Gasteiger charge is -2.19. The third-order valence-electron chi connectivity index (χ3n) is 3.14. The summed E-state index contributed by atoms with van der Waals surface area (Å²) in [6.07, 6.45) is 2.45. The zero-order chi connectivity index (χ0) is 12.8. The number of carboxylic acids is 1. The summed E-state index contributed by atoms with van der Waals surface area (Å²) in [4.78, 5) is 11.2. The number of benzene rings is 1. The number of carbonyl (C=O) groups is 1. The highest BCUT2D eigenvalue weighted by atomic mass is 16.4. The third-order valence-corrected chi connectivity index (χ3v) is 3.14. The molecule has 1 rings (SSSR count). The number of phenolic OH excluding ortho intramolecular Hbond substituents is 1. The van der Waals surface area contributed by atoms with Crippen LogP contribution in [0.1, 0.15) is 32.3 Å². The van der Waals surface area contributed by atoms with Crippen LogP contribution in [-0.4, -0.2) is 16.2 Å². The summed E-state index contributed by atoms with van der Waals surface area (Å²) in [6.45, 7) is 4.05. The molecule has 1 aromatic rings. The number of hydrogen-bond donors (Lipinski definition) is 2. The lowest BCUT2D eigenvalue weighted by molar-refractivity contribution is -0.143. The molecular formula is C14H20O3. The molecule has 0 bridgehead atoms. The first-order valence-electron chi connectivity index (χ1n) is 6.05. The first-order valence-corrected chi connectivity index (χ1v) is 6.05. The Kier molecular flexibility index (Phi) is 5.01. The standard InChI is InChI=1S/C14H20O3/c1-3-4-10(2)13(14(16)17)9-11-5-7-12(15)8-6-11/h5-8,10,13,15H,3-4,9H2,1-2H3,(H,16,17). The highest BCUT2D eigenvalue weighted by molar-refractivity contribution is 5.70. The lowest BCUT2D eigenvalue weighted by atomic mass is 9.85. The molecule has 0 radical (unpaired) electrons. The van der Waals surface area contributed by atoms with Gasteiger partial charge in [0, 0.05) is 0 Å². The molecule has 0 saturated carbocycles. The van der Waals surface area contributed by atoms with Gasteiger partial charge in [0.15, 0.2) is 0 Å². The van der Waals surface area contributed by atoms with Gasteiger partial charge in [0.1, 0.15) is 5.75 Å². The van der Waals surface area contributed by atoms with Crippen LogP contribution in [0.2, 0.25) is 0 Å². The van der Waals surface area contributed by atoms with Gasteiger partial charge in [0.05, 0.1) is 5.92 Å². The zero-order valence-corrected chi connectivity index (χ0v) is 10.4. The van der Waals surface area contributed by atoms with Gasteiger partial charge in [-0.2, -0.15) is 0 Å². The molecule has 2 N–H and O–H groups in total. The maximum Gasteiger partial charge on any atom is 0.307 e. The summed E-state index contributed by atoms with van der Waals surface area (Å²) in [6, 6.07) is 6.76. The van der Waals surface area contributed by atoms with Crippen molar-refractivity contribution in [2.75, 3.05) is 0 Å². The van der Waals surface area contributed by atoms with Crippen LogP contribution >= 0.6 is 0 Å². The molecule has 0 aromatic heterocycles. The van der Waals surface area contributed by atoms with Crippen molar-refractivity contribution in [1.29, 1.82) is 0 Å². The minimum Gasteiger partial charge on any atom is -0.508 e. The minimum absolute atomic E-state index is 0.173. The van der Waals surface area contributed by atoms with Crippen molar-refractivity contribution in [2.45, 2.75) is 33.1 Å². The van der Waals surface area contributed by atoms with Gasteiger partial charge < -0.3 is 10.2 Å². The predicted molar refractivity (Wildman–Crippen MR) is 67.0 cm³/mol. The van der Waals surface area contributed by atoms with Crippen molar-refractivity contribution in [2.24, 2.45) is 11.8 Å². The largest absolute Gasteiger partial charge is 0.508 e. The Labute approximate surface area is 102 Å². The molecule has 0 aliphatic carbocycles. The van der Waals surface area contributed by atoms with Crippen LogP contribution in [0.25, 0.3) is 0 Å². The Morgan fingerprint density at radius 2 is 1.88 bits per heavy atom. The highest BCUT2D eigenvalue weighted by Crippen LogP contribution is 2.23. The summed E-state index contributed by atoms with van der Waals surface area (Å²) in [5.41, 5.74) is 0.957. The Morgan fingerprint density at radius 1 is 1.29 bits per heavy atom. The molecule has 0 amide bonds. The van der Waals surface area contributed by atoms with Crippen molar-refractivity contribution >= 4 is 5.97 Å². The minimum atomic E-state index is -0.737. The number of aromatic hydroxyl groups is 1. The molecule has 1 aromatic carbocycles. The van der Waals surface area contributed by atoms with E-state index in [2.05, 4.69) is 6.92 Å². The van der Waals surface area contributed by atoms with Gasteiger partial charge in [0.2, 0.25) is 0 Å². The average molecular weight is 236 g/mol. The quantitative estimate of drug-likeness (QED) is 0.798. The fourth-order valence-electron chi connectivity index (χ4n) is 2.07. The number of rotatable bonds is 6. The van der Waals surface area contributed by atoms with Crippen molar-refractivity contribution < 1.29 is 15.0 Å². The molecule has 0 fully saturated rings. The first kappa shape index (κ1) is 13.6. The molecule has 0 saturated heterocycles. The maximum absolute atomic E-state index is 11.2. The zero-order valence-electron chi connectivity index (χ0n) is 10.4. The molecule has 3 nitrogen and oxygen atoms in total. The van der Waals surface area contributed by atoms with Crippen LogP contribution in [0.5, 0.6) is 5.75 Å². The molecule has 17 heavy (non-hydrogen) atoms. The smallest absolute Gasteiger partial charge is 0.307 e. The maximum atomic E-state index is 11.2. The second kappa shape index (κ2) is 6.28. The number of carboxylic acid groups (broad SMARTS) is 1. The second-order valence-electron chi connectivity index (χ2n) is 4.58. The monoisotopic (exact) mass is 236 g/mol. The van der Waals surface area contributed by atoms with E-state index in [1.54, 1.807) is 24.3 Å². The van der Waals surface area contributed by atoms with Gasteiger partial charge in [-0.15, -0.1) is 0 Å². The molecular weight excluding hydrogens is 216 g/mol. The average Bonchev–Trinajstić information content (AvgIpc) is 2.28.